The lowest BCUT2D eigenvalue weighted by atomic mass is 9.90. The topological polar surface area (TPSA) is 111 Å². The molecule has 2 N–H and O–H groups in total. The van der Waals surface area contributed by atoms with Gasteiger partial charge in [-0.05, 0) is 48.9 Å². The zero-order chi connectivity index (χ0) is 21.6. The number of anilines is 1. The van der Waals surface area contributed by atoms with Gasteiger partial charge in [-0.25, -0.2) is 0 Å². The van der Waals surface area contributed by atoms with Crippen molar-refractivity contribution in [3.8, 4) is 6.07 Å². The highest BCUT2D eigenvalue weighted by atomic mass is 32.2. The third kappa shape index (κ3) is 5.69. The van der Waals surface area contributed by atoms with Gasteiger partial charge in [0.15, 0.2) is 0 Å². The van der Waals surface area contributed by atoms with E-state index in [1.807, 2.05) is 24.3 Å². The van der Waals surface area contributed by atoms with Crippen molar-refractivity contribution in [3.63, 3.8) is 0 Å². The normalized spacial score (nSPS) is 15.5. The predicted octanol–water partition coefficient (Wildman–Crippen LogP) is 3.23. The van der Waals surface area contributed by atoms with Crippen LogP contribution in [0.25, 0.3) is 0 Å². The Morgan fingerprint density at radius 2 is 1.87 bits per heavy atom. The summed E-state index contributed by atoms with van der Waals surface area (Å²) in [6.45, 7) is 1.18. The lowest BCUT2D eigenvalue weighted by molar-refractivity contribution is -0.128. The van der Waals surface area contributed by atoms with E-state index in [1.54, 1.807) is 11.0 Å². The van der Waals surface area contributed by atoms with Crippen molar-refractivity contribution in [1.82, 2.24) is 4.90 Å². The third-order valence-electron chi connectivity index (χ3n) is 5.13. The van der Waals surface area contributed by atoms with E-state index >= 15 is 0 Å². The van der Waals surface area contributed by atoms with Gasteiger partial charge in [-0.1, -0.05) is 36.4 Å². The number of amides is 1. The molecule has 1 amide bonds. The molecule has 2 aromatic carbocycles. The molecule has 1 fully saturated rings. The van der Waals surface area contributed by atoms with Gasteiger partial charge in [0.2, 0.25) is 0 Å². The van der Waals surface area contributed by atoms with Crippen molar-refractivity contribution in [1.29, 1.82) is 5.26 Å². The zero-order valence-electron chi connectivity index (χ0n) is 16.4. The molecule has 156 valence electrons. The van der Waals surface area contributed by atoms with Crippen LogP contribution in [0, 0.1) is 17.2 Å². The standard InChI is InChI=1S/C22H23N3O4S/c23-15-19(16-24-20-7-4-8-21(14-20)30(27,28)29)22(26)25-11-9-18(10-12-25)13-17-5-2-1-3-6-17/h1-8,14,16,18,24H,9-13H2,(H,27,28,29)/b19-16-. The van der Waals surface area contributed by atoms with Crippen LogP contribution in [0.5, 0.6) is 0 Å². The van der Waals surface area contributed by atoms with E-state index in [2.05, 4.69) is 17.4 Å². The molecule has 0 aliphatic carbocycles. The minimum Gasteiger partial charge on any atom is -0.360 e. The Kier molecular flexibility index (Phi) is 6.87. The van der Waals surface area contributed by atoms with E-state index in [0.717, 1.165) is 19.3 Å². The van der Waals surface area contributed by atoms with Gasteiger partial charge in [-0.15, -0.1) is 0 Å². The van der Waals surface area contributed by atoms with Crippen LogP contribution < -0.4 is 5.32 Å². The number of piperidine rings is 1. The number of nitrogens with one attached hydrogen (secondary N) is 1. The van der Waals surface area contributed by atoms with Crippen LogP contribution in [0.15, 0.2) is 71.3 Å². The first-order valence-corrected chi connectivity index (χ1v) is 11.1. The number of carbonyl (C=O) groups excluding carboxylic acids is 1. The monoisotopic (exact) mass is 425 g/mol. The predicted molar refractivity (Wildman–Crippen MR) is 113 cm³/mol. The Balaban J connectivity index is 1.59. The summed E-state index contributed by atoms with van der Waals surface area (Å²) in [7, 11) is -4.33. The Labute approximate surface area is 176 Å². The summed E-state index contributed by atoms with van der Waals surface area (Å²) in [5.74, 6) is 0.154. The summed E-state index contributed by atoms with van der Waals surface area (Å²) in [5.41, 5.74) is 1.57. The van der Waals surface area contributed by atoms with E-state index in [0.29, 0.717) is 24.7 Å². The number of hydrogen-bond acceptors (Lipinski definition) is 5. The molecular formula is C22H23N3O4S. The number of nitriles is 1. The van der Waals surface area contributed by atoms with Crippen molar-refractivity contribution in [2.75, 3.05) is 18.4 Å². The van der Waals surface area contributed by atoms with E-state index in [1.165, 1.54) is 30.0 Å². The van der Waals surface area contributed by atoms with Gasteiger partial charge in [0.05, 0.1) is 4.90 Å². The SMILES string of the molecule is N#C/C(=C/Nc1cccc(S(=O)(=O)O)c1)C(=O)N1CCC(Cc2ccccc2)CC1. The zero-order valence-corrected chi connectivity index (χ0v) is 17.2. The van der Waals surface area contributed by atoms with Crippen LogP contribution >= 0.6 is 0 Å². The highest BCUT2D eigenvalue weighted by Crippen LogP contribution is 2.23. The maximum Gasteiger partial charge on any atom is 0.294 e. The molecule has 0 spiro atoms. The van der Waals surface area contributed by atoms with Crippen LogP contribution in [0.1, 0.15) is 18.4 Å². The highest BCUT2D eigenvalue weighted by Gasteiger charge is 2.25. The average molecular weight is 426 g/mol. The molecule has 0 radical (unpaired) electrons. The molecule has 8 heteroatoms. The second-order valence-corrected chi connectivity index (χ2v) is 8.66. The molecule has 1 saturated heterocycles. The van der Waals surface area contributed by atoms with Crippen LogP contribution in [-0.4, -0.2) is 36.9 Å². The second-order valence-electron chi connectivity index (χ2n) is 7.24. The fourth-order valence-corrected chi connectivity index (χ4v) is 4.03. The molecular weight excluding hydrogens is 402 g/mol. The van der Waals surface area contributed by atoms with Crippen LogP contribution in [0.4, 0.5) is 5.69 Å². The number of rotatable bonds is 6. The van der Waals surface area contributed by atoms with Crippen molar-refractivity contribution in [2.24, 2.45) is 5.92 Å². The third-order valence-corrected chi connectivity index (χ3v) is 5.98. The fraction of sp³-hybridized carbons (Fsp3) is 0.273. The van der Waals surface area contributed by atoms with Crippen LogP contribution in [0.2, 0.25) is 0 Å². The van der Waals surface area contributed by atoms with E-state index in [9.17, 15) is 18.5 Å². The quantitative estimate of drug-likeness (QED) is 0.418. The number of carbonyl (C=O) groups is 1. The Morgan fingerprint density at radius 1 is 1.17 bits per heavy atom. The lowest BCUT2D eigenvalue weighted by Gasteiger charge is -2.32. The first-order valence-electron chi connectivity index (χ1n) is 9.64. The molecule has 7 nitrogen and oxygen atoms in total. The molecule has 0 saturated carbocycles. The molecule has 1 aliphatic rings. The number of nitrogens with zero attached hydrogens (tertiary/aromatic N) is 2. The number of hydrogen-bond donors (Lipinski definition) is 2. The second kappa shape index (κ2) is 9.57. The summed E-state index contributed by atoms with van der Waals surface area (Å²) >= 11 is 0. The Morgan fingerprint density at radius 3 is 2.50 bits per heavy atom. The summed E-state index contributed by atoms with van der Waals surface area (Å²) in [5, 5.41) is 12.2. The summed E-state index contributed by atoms with van der Waals surface area (Å²) < 4.78 is 31.6. The van der Waals surface area contributed by atoms with Gasteiger partial charge < -0.3 is 10.2 Å². The maximum atomic E-state index is 12.7. The molecule has 0 atom stereocenters. The molecule has 1 aliphatic heterocycles. The van der Waals surface area contributed by atoms with Gasteiger partial charge in [-0.3, -0.25) is 9.35 Å². The molecule has 0 bridgehead atoms. The minimum atomic E-state index is -4.33. The van der Waals surface area contributed by atoms with Crippen LogP contribution in [-0.2, 0) is 21.3 Å². The van der Waals surface area contributed by atoms with Crippen molar-refractivity contribution in [2.45, 2.75) is 24.2 Å². The lowest BCUT2D eigenvalue weighted by Crippen LogP contribution is -2.39. The molecule has 3 rings (SSSR count). The maximum absolute atomic E-state index is 12.7. The van der Waals surface area contributed by atoms with Crippen molar-refractivity contribution >= 4 is 21.7 Å². The van der Waals surface area contributed by atoms with E-state index < -0.39 is 10.1 Å². The van der Waals surface area contributed by atoms with Crippen molar-refractivity contribution < 1.29 is 17.8 Å². The molecule has 0 aromatic heterocycles. The van der Waals surface area contributed by atoms with E-state index in [-0.39, 0.29) is 16.4 Å². The van der Waals surface area contributed by atoms with Gasteiger partial charge in [0.25, 0.3) is 16.0 Å². The smallest absolute Gasteiger partial charge is 0.294 e. The first kappa shape index (κ1) is 21.6. The van der Waals surface area contributed by atoms with Gasteiger partial charge in [-0.2, -0.15) is 13.7 Å². The molecule has 0 unspecified atom stereocenters. The first-order chi connectivity index (χ1) is 14.4. The van der Waals surface area contributed by atoms with Crippen molar-refractivity contribution in [3.05, 3.63) is 71.9 Å². The average Bonchev–Trinajstić information content (AvgIpc) is 2.75. The largest absolute Gasteiger partial charge is 0.360 e. The molecule has 1 heterocycles. The van der Waals surface area contributed by atoms with Gasteiger partial charge in [0, 0.05) is 25.0 Å². The minimum absolute atomic E-state index is 0.0613. The number of benzene rings is 2. The summed E-state index contributed by atoms with van der Waals surface area (Å²) in [6, 6.07) is 17.7. The summed E-state index contributed by atoms with van der Waals surface area (Å²) in [4.78, 5) is 14.1. The van der Waals surface area contributed by atoms with Gasteiger partial charge >= 0.3 is 0 Å². The highest BCUT2D eigenvalue weighted by molar-refractivity contribution is 7.85. The number of likely N-dealkylation sites (tertiary alicyclic amines) is 1. The molecule has 30 heavy (non-hydrogen) atoms. The Hall–Kier alpha value is -3.15. The fourth-order valence-electron chi connectivity index (χ4n) is 3.50. The summed E-state index contributed by atoms with van der Waals surface area (Å²) in [6.07, 6.45) is 4.00. The molecule has 2 aromatic rings. The Bertz CT molecular complexity index is 1070. The van der Waals surface area contributed by atoms with Crippen LogP contribution in [0.3, 0.4) is 0 Å². The van der Waals surface area contributed by atoms with Gasteiger partial charge in [0.1, 0.15) is 11.6 Å². The van der Waals surface area contributed by atoms with E-state index in [4.69, 9.17) is 4.55 Å².